The lowest BCUT2D eigenvalue weighted by Gasteiger charge is -2.15. The van der Waals surface area contributed by atoms with Crippen molar-refractivity contribution in [1.29, 1.82) is 0 Å². The van der Waals surface area contributed by atoms with Gasteiger partial charge < -0.3 is 24.8 Å². The zero-order chi connectivity index (χ0) is 22.3. The number of anilines is 2. The number of esters is 2. The molecule has 0 fully saturated rings. The molecule has 0 saturated heterocycles. The van der Waals surface area contributed by atoms with E-state index in [1.165, 1.54) is 6.07 Å². The first-order valence-electron chi connectivity index (χ1n) is 9.47. The summed E-state index contributed by atoms with van der Waals surface area (Å²) in [6, 6.07) is 11.8. The molecule has 0 radical (unpaired) electrons. The largest absolute Gasteiger partial charge is 0.497 e. The minimum Gasteiger partial charge on any atom is -0.497 e. The Labute approximate surface area is 181 Å². The fourth-order valence-corrected chi connectivity index (χ4v) is 2.73. The maximum absolute atomic E-state index is 12.4. The molecule has 0 spiro atoms. The van der Waals surface area contributed by atoms with Crippen LogP contribution in [-0.2, 0) is 9.47 Å². The van der Waals surface area contributed by atoms with E-state index >= 15 is 0 Å². The van der Waals surface area contributed by atoms with E-state index in [0.29, 0.717) is 11.4 Å². The average molecular weight is 431 g/mol. The minimum absolute atomic E-state index is 0.216. The molecule has 0 amide bonds. The Balaban J connectivity index is 2.26. The van der Waals surface area contributed by atoms with E-state index < -0.39 is 11.9 Å². The van der Waals surface area contributed by atoms with Crippen molar-refractivity contribution in [3.63, 3.8) is 0 Å². The quantitative estimate of drug-likeness (QED) is 0.486. The summed E-state index contributed by atoms with van der Waals surface area (Å²) in [4.78, 5) is 24.8. The lowest BCUT2D eigenvalue weighted by molar-refractivity contribution is 0.0377. The maximum Gasteiger partial charge on any atom is 0.338 e. The fraction of sp³-hybridized carbons (Fsp3) is 0.318. The standard InChI is InChI=1S/C22H26N2O5S/c1-13(2)28-20(25)15-9-16(21(26)29-14(3)4)11-18(10-15)24-22(30)23-17-7-6-8-19(12-17)27-5/h6-14H,1-5H3,(H2,23,24,30). The highest BCUT2D eigenvalue weighted by atomic mass is 32.1. The second kappa shape index (κ2) is 10.6. The molecule has 0 bridgehead atoms. The third kappa shape index (κ3) is 7.04. The number of ether oxygens (including phenoxy) is 3. The van der Waals surface area contributed by atoms with Crippen LogP contribution in [0.3, 0.4) is 0 Å². The number of thiocarbonyl (C=S) groups is 1. The summed E-state index contributed by atoms with van der Waals surface area (Å²) in [6.45, 7) is 7.00. The van der Waals surface area contributed by atoms with E-state index in [0.717, 1.165) is 5.69 Å². The molecule has 2 aromatic carbocycles. The van der Waals surface area contributed by atoms with Crippen molar-refractivity contribution in [2.75, 3.05) is 17.7 Å². The molecule has 0 atom stereocenters. The van der Waals surface area contributed by atoms with Gasteiger partial charge in [0.15, 0.2) is 5.11 Å². The SMILES string of the molecule is COc1cccc(NC(=S)Nc2cc(C(=O)OC(C)C)cc(C(=O)OC(C)C)c2)c1. The Morgan fingerprint density at radius 1 is 0.833 bits per heavy atom. The monoisotopic (exact) mass is 430 g/mol. The van der Waals surface area contributed by atoms with Crippen LogP contribution in [-0.4, -0.2) is 36.4 Å². The number of rotatable bonds is 7. The predicted molar refractivity (Wildman–Crippen MR) is 120 cm³/mol. The number of methoxy groups -OCH3 is 1. The Bertz CT molecular complexity index is 887. The number of hydrogen-bond donors (Lipinski definition) is 2. The highest BCUT2D eigenvalue weighted by Gasteiger charge is 2.17. The first kappa shape index (κ1) is 23.2. The summed E-state index contributed by atoms with van der Waals surface area (Å²) >= 11 is 5.36. The normalized spacial score (nSPS) is 10.5. The number of nitrogens with one attached hydrogen (secondary N) is 2. The van der Waals surface area contributed by atoms with Crippen LogP contribution in [0.1, 0.15) is 48.4 Å². The van der Waals surface area contributed by atoms with Gasteiger partial charge in [-0.3, -0.25) is 0 Å². The van der Waals surface area contributed by atoms with Crippen LogP contribution in [0.4, 0.5) is 11.4 Å². The summed E-state index contributed by atoms with van der Waals surface area (Å²) in [6.07, 6.45) is -0.591. The molecule has 0 heterocycles. The predicted octanol–water partition coefficient (Wildman–Crippen LogP) is 4.63. The van der Waals surface area contributed by atoms with Gasteiger partial charge >= 0.3 is 11.9 Å². The molecule has 160 valence electrons. The van der Waals surface area contributed by atoms with Crippen molar-refractivity contribution in [2.24, 2.45) is 0 Å². The molecule has 7 nitrogen and oxygen atoms in total. The molecular weight excluding hydrogens is 404 g/mol. The van der Waals surface area contributed by atoms with E-state index in [-0.39, 0.29) is 28.4 Å². The van der Waals surface area contributed by atoms with E-state index in [4.69, 9.17) is 26.4 Å². The van der Waals surface area contributed by atoms with Crippen molar-refractivity contribution in [2.45, 2.75) is 39.9 Å². The smallest absolute Gasteiger partial charge is 0.338 e. The fourth-order valence-electron chi connectivity index (χ4n) is 2.49. The van der Waals surface area contributed by atoms with Crippen LogP contribution >= 0.6 is 12.2 Å². The summed E-state index contributed by atoms with van der Waals surface area (Å²) in [5.74, 6) is -0.405. The van der Waals surface area contributed by atoms with Gasteiger partial charge in [0.05, 0.1) is 30.4 Å². The molecule has 2 aromatic rings. The highest BCUT2D eigenvalue weighted by Crippen LogP contribution is 2.20. The van der Waals surface area contributed by atoms with E-state index in [1.54, 1.807) is 53.0 Å². The minimum atomic E-state index is -0.543. The van der Waals surface area contributed by atoms with Crippen LogP contribution in [0, 0.1) is 0 Å². The molecule has 0 aromatic heterocycles. The molecule has 2 N–H and O–H groups in total. The zero-order valence-electron chi connectivity index (χ0n) is 17.6. The molecule has 0 aliphatic rings. The number of benzene rings is 2. The Morgan fingerprint density at radius 3 is 1.87 bits per heavy atom. The Hall–Kier alpha value is -3.13. The third-order valence-electron chi connectivity index (χ3n) is 3.68. The molecule has 2 rings (SSSR count). The van der Waals surface area contributed by atoms with E-state index in [1.807, 2.05) is 18.2 Å². The molecule has 0 unspecified atom stereocenters. The zero-order valence-corrected chi connectivity index (χ0v) is 18.5. The van der Waals surface area contributed by atoms with Crippen molar-refractivity contribution in [1.82, 2.24) is 0 Å². The van der Waals surface area contributed by atoms with Crippen molar-refractivity contribution in [3.05, 3.63) is 53.6 Å². The lowest BCUT2D eigenvalue weighted by atomic mass is 10.1. The van der Waals surface area contributed by atoms with Crippen LogP contribution in [0.25, 0.3) is 0 Å². The van der Waals surface area contributed by atoms with Gasteiger partial charge in [-0.15, -0.1) is 0 Å². The highest BCUT2D eigenvalue weighted by molar-refractivity contribution is 7.80. The van der Waals surface area contributed by atoms with Crippen molar-refractivity contribution >= 4 is 40.6 Å². The van der Waals surface area contributed by atoms with Crippen LogP contribution in [0.15, 0.2) is 42.5 Å². The Kier molecular flexibility index (Phi) is 8.17. The van der Waals surface area contributed by atoms with Gasteiger partial charge in [0, 0.05) is 17.4 Å². The molecule has 0 aliphatic carbocycles. The summed E-state index contributed by atoms with van der Waals surface area (Å²) in [5.41, 5.74) is 1.60. The Morgan fingerprint density at radius 2 is 1.37 bits per heavy atom. The second-order valence-corrected chi connectivity index (χ2v) is 7.43. The summed E-state index contributed by atoms with van der Waals surface area (Å²) in [5, 5.41) is 6.30. The molecule has 30 heavy (non-hydrogen) atoms. The maximum atomic E-state index is 12.4. The molecule has 8 heteroatoms. The number of carbonyl (C=O) groups excluding carboxylic acids is 2. The van der Waals surface area contributed by atoms with Gasteiger partial charge in [-0.05, 0) is 70.2 Å². The topological polar surface area (TPSA) is 85.9 Å². The van der Waals surface area contributed by atoms with Gasteiger partial charge in [-0.2, -0.15) is 0 Å². The van der Waals surface area contributed by atoms with E-state index in [2.05, 4.69) is 10.6 Å². The van der Waals surface area contributed by atoms with Crippen LogP contribution in [0.5, 0.6) is 5.75 Å². The van der Waals surface area contributed by atoms with Crippen molar-refractivity contribution < 1.29 is 23.8 Å². The molecule has 0 aliphatic heterocycles. The van der Waals surface area contributed by atoms with Gasteiger partial charge in [0.2, 0.25) is 0 Å². The second-order valence-electron chi connectivity index (χ2n) is 7.02. The van der Waals surface area contributed by atoms with Crippen molar-refractivity contribution in [3.8, 4) is 5.75 Å². The summed E-state index contributed by atoms with van der Waals surface area (Å²) in [7, 11) is 1.58. The molecular formula is C22H26N2O5S. The number of carbonyl (C=O) groups is 2. The summed E-state index contributed by atoms with van der Waals surface area (Å²) < 4.78 is 15.7. The van der Waals surface area contributed by atoms with Crippen LogP contribution < -0.4 is 15.4 Å². The average Bonchev–Trinajstić information content (AvgIpc) is 2.66. The first-order valence-corrected chi connectivity index (χ1v) is 9.88. The number of hydrogen-bond acceptors (Lipinski definition) is 6. The van der Waals surface area contributed by atoms with Gasteiger partial charge in [-0.1, -0.05) is 6.07 Å². The molecule has 0 saturated carbocycles. The lowest BCUT2D eigenvalue weighted by Crippen LogP contribution is -2.20. The third-order valence-corrected chi connectivity index (χ3v) is 3.88. The first-order chi connectivity index (χ1) is 14.2. The van der Waals surface area contributed by atoms with Crippen LogP contribution in [0.2, 0.25) is 0 Å². The van der Waals surface area contributed by atoms with Gasteiger partial charge in [0.25, 0.3) is 0 Å². The van der Waals surface area contributed by atoms with Gasteiger partial charge in [-0.25, -0.2) is 9.59 Å². The van der Waals surface area contributed by atoms with E-state index in [9.17, 15) is 9.59 Å². The van der Waals surface area contributed by atoms with Gasteiger partial charge in [0.1, 0.15) is 5.75 Å².